The van der Waals surface area contributed by atoms with E-state index in [1.165, 1.54) is 10.4 Å². The molecular formula is C25H32FN3O4S. The van der Waals surface area contributed by atoms with Crippen LogP contribution in [0.2, 0.25) is 0 Å². The van der Waals surface area contributed by atoms with Crippen LogP contribution in [-0.4, -0.2) is 62.4 Å². The van der Waals surface area contributed by atoms with Crippen LogP contribution >= 0.6 is 0 Å². The first-order valence-electron chi connectivity index (χ1n) is 11.8. The van der Waals surface area contributed by atoms with E-state index >= 15 is 0 Å². The second-order valence-corrected chi connectivity index (χ2v) is 10.9. The Bertz CT molecular complexity index is 1120. The third-order valence-electron chi connectivity index (χ3n) is 6.30. The van der Waals surface area contributed by atoms with Crippen LogP contribution in [-0.2, 0) is 27.8 Å². The molecule has 2 heterocycles. The largest absolute Gasteiger partial charge is 0.376 e. The molecule has 2 fully saturated rings. The standard InChI is InChI=1S/C25H32FN3O4S/c1-19-17-28(12-13-33-19)18-21-7-5-6-20(14-21)16-27-25(30)22-8-9-23(26)24(15-22)34(31,32)29-10-3-2-4-11-29/h5-9,14-15,19H,2-4,10-13,16-18H2,1H3,(H,27,30). The Kier molecular flexibility index (Phi) is 7.98. The fourth-order valence-corrected chi connectivity index (χ4v) is 6.11. The van der Waals surface area contributed by atoms with Crippen LogP contribution in [0.5, 0.6) is 0 Å². The lowest BCUT2D eigenvalue weighted by atomic mass is 10.1. The summed E-state index contributed by atoms with van der Waals surface area (Å²) in [5, 5.41) is 2.83. The average molecular weight is 490 g/mol. The molecule has 2 aromatic carbocycles. The molecule has 0 spiro atoms. The molecule has 0 saturated carbocycles. The number of piperidine rings is 1. The van der Waals surface area contributed by atoms with E-state index in [0.717, 1.165) is 68.8 Å². The minimum absolute atomic E-state index is 0.121. The van der Waals surface area contributed by atoms with Crippen molar-refractivity contribution in [3.05, 3.63) is 65.0 Å². The van der Waals surface area contributed by atoms with E-state index in [2.05, 4.69) is 29.3 Å². The van der Waals surface area contributed by atoms with Gasteiger partial charge in [-0.25, -0.2) is 12.8 Å². The molecule has 1 atom stereocenters. The van der Waals surface area contributed by atoms with Gasteiger partial charge >= 0.3 is 0 Å². The summed E-state index contributed by atoms with van der Waals surface area (Å²) in [6.45, 7) is 6.41. The first-order chi connectivity index (χ1) is 16.3. The van der Waals surface area contributed by atoms with Gasteiger partial charge in [0, 0.05) is 44.8 Å². The van der Waals surface area contributed by atoms with Crippen LogP contribution in [0.4, 0.5) is 4.39 Å². The lowest BCUT2D eigenvalue weighted by molar-refractivity contribution is -0.0212. The predicted molar refractivity (Wildman–Crippen MR) is 127 cm³/mol. The van der Waals surface area contributed by atoms with Crippen LogP contribution < -0.4 is 5.32 Å². The van der Waals surface area contributed by atoms with Crippen LogP contribution in [0.1, 0.15) is 47.7 Å². The van der Waals surface area contributed by atoms with Gasteiger partial charge in [0.15, 0.2) is 0 Å². The molecule has 0 bridgehead atoms. The minimum Gasteiger partial charge on any atom is -0.376 e. The highest BCUT2D eigenvalue weighted by atomic mass is 32.2. The number of hydrogen-bond acceptors (Lipinski definition) is 5. The van der Waals surface area contributed by atoms with Gasteiger partial charge in [0.2, 0.25) is 10.0 Å². The number of benzene rings is 2. The molecule has 1 amide bonds. The highest BCUT2D eigenvalue weighted by molar-refractivity contribution is 7.89. The van der Waals surface area contributed by atoms with E-state index in [1.54, 1.807) is 0 Å². The Balaban J connectivity index is 1.41. The Morgan fingerprint density at radius 3 is 2.62 bits per heavy atom. The number of nitrogens with one attached hydrogen (secondary N) is 1. The van der Waals surface area contributed by atoms with Gasteiger partial charge in [-0.3, -0.25) is 9.69 Å². The Morgan fingerprint density at radius 1 is 1.09 bits per heavy atom. The van der Waals surface area contributed by atoms with E-state index in [0.29, 0.717) is 13.1 Å². The molecule has 0 aromatic heterocycles. The van der Waals surface area contributed by atoms with Crippen molar-refractivity contribution in [2.24, 2.45) is 0 Å². The monoisotopic (exact) mass is 489 g/mol. The zero-order valence-electron chi connectivity index (χ0n) is 19.5. The topological polar surface area (TPSA) is 79.0 Å². The van der Waals surface area contributed by atoms with E-state index in [4.69, 9.17) is 4.74 Å². The molecule has 0 aliphatic carbocycles. The minimum atomic E-state index is -3.97. The zero-order valence-corrected chi connectivity index (χ0v) is 20.3. The number of rotatable bonds is 7. The van der Waals surface area contributed by atoms with Crippen LogP contribution in [0.25, 0.3) is 0 Å². The predicted octanol–water partition coefficient (Wildman–Crippen LogP) is 3.15. The molecule has 7 nitrogen and oxygen atoms in total. The molecule has 1 unspecified atom stereocenters. The summed E-state index contributed by atoms with van der Waals surface area (Å²) in [6.07, 6.45) is 2.69. The van der Waals surface area contributed by atoms with Crippen molar-refractivity contribution in [3.63, 3.8) is 0 Å². The number of sulfonamides is 1. The van der Waals surface area contributed by atoms with Gasteiger partial charge in [0.05, 0.1) is 12.7 Å². The SMILES string of the molecule is CC1CN(Cc2cccc(CNC(=O)c3ccc(F)c(S(=O)(=O)N4CCCCC4)c3)c2)CCO1. The fourth-order valence-electron chi connectivity index (χ4n) is 4.50. The molecule has 2 aliphatic rings. The van der Waals surface area contributed by atoms with Gasteiger partial charge in [-0.05, 0) is 49.1 Å². The van der Waals surface area contributed by atoms with E-state index in [9.17, 15) is 17.6 Å². The van der Waals surface area contributed by atoms with Crippen molar-refractivity contribution in [2.75, 3.05) is 32.8 Å². The van der Waals surface area contributed by atoms with Gasteiger partial charge in [-0.2, -0.15) is 4.31 Å². The normalized spacial score (nSPS) is 20.2. The number of ether oxygens (including phenoxy) is 1. The average Bonchev–Trinajstić information content (AvgIpc) is 2.83. The Morgan fingerprint density at radius 2 is 1.85 bits per heavy atom. The molecule has 2 saturated heterocycles. The maximum absolute atomic E-state index is 14.4. The lowest BCUT2D eigenvalue weighted by Crippen LogP contribution is -2.40. The second-order valence-electron chi connectivity index (χ2n) is 9.03. The Hall–Kier alpha value is -2.33. The lowest BCUT2D eigenvalue weighted by Gasteiger charge is -2.31. The van der Waals surface area contributed by atoms with Gasteiger partial charge in [-0.15, -0.1) is 0 Å². The van der Waals surface area contributed by atoms with E-state index in [-0.39, 0.29) is 18.2 Å². The van der Waals surface area contributed by atoms with E-state index in [1.807, 2.05) is 12.1 Å². The second kappa shape index (κ2) is 10.9. The van der Waals surface area contributed by atoms with Crippen LogP contribution in [0, 0.1) is 5.82 Å². The first-order valence-corrected chi connectivity index (χ1v) is 13.3. The van der Waals surface area contributed by atoms with Gasteiger partial charge < -0.3 is 10.1 Å². The number of carbonyl (C=O) groups is 1. The van der Waals surface area contributed by atoms with Gasteiger partial charge in [-0.1, -0.05) is 30.7 Å². The van der Waals surface area contributed by atoms with E-state index < -0.39 is 26.6 Å². The molecule has 2 aliphatic heterocycles. The molecule has 184 valence electrons. The van der Waals surface area contributed by atoms with Crippen molar-refractivity contribution >= 4 is 15.9 Å². The molecule has 1 N–H and O–H groups in total. The number of morpholine rings is 1. The van der Waals surface area contributed by atoms with Crippen molar-refractivity contribution in [2.45, 2.75) is 50.3 Å². The van der Waals surface area contributed by atoms with Crippen LogP contribution in [0.15, 0.2) is 47.4 Å². The number of carbonyl (C=O) groups excluding carboxylic acids is 1. The first kappa shape index (κ1) is 24.8. The summed E-state index contributed by atoms with van der Waals surface area (Å²) >= 11 is 0. The quantitative estimate of drug-likeness (QED) is 0.647. The maximum atomic E-state index is 14.4. The summed E-state index contributed by atoms with van der Waals surface area (Å²) < 4.78 is 47.2. The fraction of sp³-hybridized carbons (Fsp3) is 0.480. The molecular weight excluding hydrogens is 457 g/mol. The van der Waals surface area contributed by atoms with Gasteiger partial charge in [0.25, 0.3) is 5.91 Å². The third-order valence-corrected chi connectivity index (χ3v) is 8.22. The highest BCUT2D eigenvalue weighted by Gasteiger charge is 2.29. The number of halogens is 1. The summed E-state index contributed by atoms with van der Waals surface area (Å²) in [5.41, 5.74) is 2.21. The Labute approximate surface area is 200 Å². The van der Waals surface area contributed by atoms with Crippen molar-refractivity contribution in [1.29, 1.82) is 0 Å². The van der Waals surface area contributed by atoms with Crippen molar-refractivity contribution in [1.82, 2.24) is 14.5 Å². The zero-order chi connectivity index (χ0) is 24.1. The number of nitrogens with zero attached hydrogens (tertiary/aromatic N) is 2. The van der Waals surface area contributed by atoms with Crippen molar-refractivity contribution < 1.29 is 22.3 Å². The van der Waals surface area contributed by atoms with Crippen LogP contribution in [0.3, 0.4) is 0 Å². The summed E-state index contributed by atoms with van der Waals surface area (Å²) in [7, 11) is -3.97. The van der Waals surface area contributed by atoms with Crippen molar-refractivity contribution in [3.8, 4) is 0 Å². The summed E-state index contributed by atoms with van der Waals surface area (Å²) in [6, 6.07) is 11.5. The molecule has 2 aromatic rings. The summed E-state index contributed by atoms with van der Waals surface area (Å²) in [5.74, 6) is -1.28. The molecule has 0 radical (unpaired) electrons. The van der Waals surface area contributed by atoms with Gasteiger partial charge in [0.1, 0.15) is 10.7 Å². The third kappa shape index (κ3) is 6.02. The number of hydrogen-bond donors (Lipinski definition) is 1. The molecule has 9 heteroatoms. The molecule has 34 heavy (non-hydrogen) atoms. The maximum Gasteiger partial charge on any atom is 0.251 e. The summed E-state index contributed by atoms with van der Waals surface area (Å²) in [4.78, 5) is 14.7. The smallest absolute Gasteiger partial charge is 0.251 e. The highest BCUT2D eigenvalue weighted by Crippen LogP contribution is 2.24. The number of amides is 1. The molecule has 4 rings (SSSR count).